The Hall–Kier alpha value is -0.0800. The quantitative estimate of drug-likeness (QED) is 0.736. The van der Waals surface area contributed by atoms with Gasteiger partial charge >= 0.3 is 0 Å². The second kappa shape index (κ2) is 5.13. The van der Waals surface area contributed by atoms with E-state index in [2.05, 4.69) is 17.3 Å². The Morgan fingerprint density at radius 1 is 1.14 bits per heavy atom. The minimum atomic E-state index is 0.918. The van der Waals surface area contributed by atoms with Gasteiger partial charge in [-0.1, -0.05) is 12.8 Å². The summed E-state index contributed by atoms with van der Waals surface area (Å²) in [5.41, 5.74) is 0. The Balaban J connectivity index is 1.67. The van der Waals surface area contributed by atoms with Crippen LogP contribution >= 0.6 is 0 Å². The van der Waals surface area contributed by atoms with Crippen molar-refractivity contribution < 1.29 is 0 Å². The first-order valence-electron chi connectivity index (χ1n) is 6.25. The van der Waals surface area contributed by atoms with Crippen LogP contribution < -0.4 is 5.32 Å². The smallest absolute Gasteiger partial charge is 0.00224 e. The van der Waals surface area contributed by atoms with Gasteiger partial charge in [-0.05, 0) is 51.2 Å². The molecule has 1 saturated heterocycles. The van der Waals surface area contributed by atoms with E-state index < -0.39 is 0 Å². The molecule has 0 amide bonds. The molecular formula is C12H24N2. The second-order valence-corrected chi connectivity index (χ2v) is 5.12. The molecule has 0 aromatic carbocycles. The van der Waals surface area contributed by atoms with Gasteiger partial charge in [-0.25, -0.2) is 0 Å². The molecule has 2 heteroatoms. The monoisotopic (exact) mass is 196 g/mol. The molecule has 2 rings (SSSR count). The minimum absolute atomic E-state index is 0.918. The molecule has 1 aliphatic carbocycles. The number of likely N-dealkylation sites (tertiary alicyclic amines) is 1. The zero-order valence-electron chi connectivity index (χ0n) is 9.47. The zero-order chi connectivity index (χ0) is 9.80. The van der Waals surface area contributed by atoms with Gasteiger partial charge in [0.1, 0.15) is 0 Å². The van der Waals surface area contributed by atoms with Gasteiger partial charge in [-0.2, -0.15) is 0 Å². The van der Waals surface area contributed by atoms with Gasteiger partial charge in [0.05, 0.1) is 0 Å². The summed E-state index contributed by atoms with van der Waals surface area (Å²) in [6, 6.07) is 0. The second-order valence-electron chi connectivity index (χ2n) is 5.12. The van der Waals surface area contributed by atoms with Gasteiger partial charge in [0.2, 0.25) is 0 Å². The van der Waals surface area contributed by atoms with Crippen LogP contribution in [0.5, 0.6) is 0 Å². The highest BCUT2D eigenvalue weighted by Gasteiger charge is 2.25. The fraction of sp³-hybridized carbons (Fsp3) is 1.00. The third-order valence-corrected chi connectivity index (χ3v) is 3.85. The average molecular weight is 196 g/mol. The van der Waals surface area contributed by atoms with Crippen LogP contribution in [0.2, 0.25) is 0 Å². The summed E-state index contributed by atoms with van der Waals surface area (Å²) in [5, 5.41) is 3.30. The molecule has 82 valence electrons. The van der Waals surface area contributed by atoms with Crippen LogP contribution in [0.3, 0.4) is 0 Å². The van der Waals surface area contributed by atoms with Crippen LogP contribution in [0.25, 0.3) is 0 Å². The molecule has 0 radical (unpaired) electrons. The average Bonchev–Trinajstić information content (AvgIpc) is 2.79. The lowest BCUT2D eigenvalue weighted by Gasteiger charge is -2.20. The molecule has 1 atom stereocenters. The van der Waals surface area contributed by atoms with E-state index >= 15 is 0 Å². The minimum Gasteiger partial charge on any atom is -0.319 e. The van der Waals surface area contributed by atoms with E-state index in [-0.39, 0.29) is 0 Å². The van der Waals surface area contributed by atoms with Crippen LogP contribution in [0.4, 0.5) is 0 Å². The van der Waals surface area contributed by atoms with Gasteiger partial charge in [-0.3, -0.25) is 0 Å². The standard InChI is InChI=1S/C12H24N2/c1-13-8-12-6-7-14(10-12)9-11-4-2-3-5-11/h11-13H,2-10H2,1H3/t12-/m0/s1. The van der Waals surface area contributed by atoms with Gasteiger partial charge in [-0.15, -0.1) is 0 Å². The van der Waals surface area contributed by atoms with Crippen molar-refractivity contribution in [3.05, 3.63) is 0 Å². The van der Waals surface area contributed by atoms with Crippen LogP contribution in [0, 0.1) is 11.8 Å². The molecule has 14 heavy (non-hydrogen) atoms. The number of nitrogens with one attached hydrogen (secondary N) is 1. The summed E-state index contributed by atoms with van der Waals surface area (Å²) in [4.78, 5) is 2.69. The highest BCUT2D eigenvalue weighted by Crippen LogP contribution is 2.27. The maximum absolute atomic E-state index is 3.30. The van der Waals surface area contributed by atoms with Crippen molar-refractivity contribution in [1.82, 2.24) is 10.2 Å². The number of hydrogen-bond donors (Lipinski definition) is 1. The first-order chi connectivity index (χ1) is 6.88. The summed E-state index contributed by atoms with van der Waals surface area (Å²) < 4.78 is 0. The Morgan fingerprint density at radius 3 is 2.64 bits per heavy atom. The molecule has 2 fully saturated rings. The lowest BCUT2D eigenvalue weighted by atomic mass is 10.1. The molecular weight excluding hydrogens is 172 g/mol. The van der Waals surface area contributed by atoms with Crippen molar-refractivity contribution in [3.8, 4) is 0 Å². The molecule has 1 saturated carbocycles. The van der Waals surface area contributed by atoms with Crippen molar-refractivity contribution in [2.45, 2.75) is 32.1 Å². The Morgan fingerprint density at radius 2 is 1.93 bits per heavy atom. The molecule has 0 spiro atoms. The summed E-state index contributed by atoms with van der Waals surface area (Å²) in [6.07, 6.45) is 7.37. The number of rotatable bonds is 4. The Bertz CT molecular complexity index is 164. The fourth-order valence-electron chi connectivity index (χ4n) is 3.09. The largest absolute Gasteiger partial charge is 0.319 e. The molecule has 1 aliphatic heterocycles. The van der Waals surface area contributed by atoms with Crippen molar-refractivity contribution in [2.24, 2.45) is 11.8 Å². The van der Waals surface area contributed by atoms with E-state index in [1.54, 1.807) is 0 Å². The maximum atomic E-state index is 3.30. The molecule has 0 bridgehead atoms. The van der Waals surface area contributed by atoms with E-state index in [0.29, 0.717) is 0 Å². The number of hydrogen-bond acceptors (Lipinski definition) is 2. The van der Waals surface area contributed by atoms with Gasteiger partial charge in [0.15, 0.2) is 0 Å². The predicted octanol–water partition coefficient (Wildman–Crippen LogP) is 1.72. The van der Waals surface area contributed by atoms with Crippen LogP contribution in [-0.4, -0.2) is 38.1 Å². The van der Waals surface area contributed by atoms with Crippen LogP contribution in [0.1, 0.15) is 32.1 Å². The molecule has 1 N–H and O–H groups in total. The molecule has 1 heterocycles. The van der Waals surface area contributed by atoms with E-state index in [9.17, 15) is 0 Å². The van der Waals surface area contributed by atoms with Gasteiger partial charge < -0.3 is 10.2 Å². The molecule has 0 aromatic heterocycles. The van der Waals surface area contributed by atoms with Gasteiger partial charge in [0, 0.05) is 13.1 Å². The lowest BCUT2D eigenvalue weighted by Crippen LogP contribution is -2.28. The van der Waals surface area contributed by atoms with E-state index in [0.717, 1.165) is 11.8 Å². The van der Waals surface area contributed by atoms with E-state index in [1.165, 1.54) is 58.3 Å². The lowest BCUT2D eigenvalue weighted by molar-refractivity contribution is 0.270. The fourth-order valence-corrected chi connectivity index (χ4v) is 3.09. The summed E-state index contributed by atoms with van der Waals surface area (Å²) in [7, 11) is 2.07. The van der Waals surface area contributed by atoms with Crippen molar-refractivity contribution in [3.63, 3.8) is 0 Å². The van der Waals surface area contributed by atoms with Crippen molar-refractivity contribution >= 4 is 0 Å². The van der Waals surface area contributed by atoms with Gasteiger partial charge in [0.25, 0.3) is 0 Å². The van der Waals surface area contributed by atoms with Crippen LogP contribution in [-0.2, 0) is 0 Å². The van der Waals surface area contributed by atoms with E-state index in [4.69, 9.17) is 0 Å². The first kappa shape index (κ1) is 10.4. The molecule has 2 aliphatic rings. The zero-order valence-corrected chi connectivity index (χ0v) is 9.47. The van der Waals surface area contributed by atoms with Crippen molar-refractivity contribution in [2.75, 3.05) is 33.2 Å². The topological polar surface area (TPSA) is 15.3 Å². The third-order valence-electron chi connectivity index (χ3n) is 3.85. The molecule has 0 aromatic rings. The SMILES string of the molecule is CNC[C@@H]1CCN(CC2CCCC2)C1. The summed E-state index contributed by atoms with van der Waals surface area (Å²) >= 11 is 0. The highest BCUT2D eigenvalue weighted by atomic mass is 15.1. The normalized spacial score (nSPS) is 30.2. The van der Waals surface area contributed by atoms with E-state index in [1.807, 2.05) is 0 Å². The van der Waals surface area contributed by atoms with Crippen LogP contribution in [0.15, 0.2) is 0 Å². The molecule has 0 unspecified atom stereocenters. The summed E-state index contributed by atoms with van der Waals surface area (Å²) in [5.74, 6) is 1.95. The summed E-state index contributed by atoms with van der Waals surface area (Å²) in [6.45, 7) is 5.29. The number of nitrogens with zero attached hydrogens (tertiary/aromatic N) is 1. The third kappa shape index (κ3) is 2.71. The Kier molecular flexibility index (Phi) is 3.82. The highest BCUT2D eigenvalue weighted by molar-refractivity contribution is 4.80. The predicted molar refractivity (Wildman–Crippen MR) is 60.4 cm³/mol. The maximum Gasteiger partial charge on any atom is 0.00224 e. The van der Waals surface area contributed by atoms with Crippen molar-refractivity contribution in [1.29, 1.82) is 0 Å². The molecule has 2 nitrogen and oxygen atoms in total. The first-order valence-corrected chi connectivity index (χ1v) is 6.25. The Labute approximate surface area is 88.1 Å².